The van der Waals surface area contributed by atoms with E-state index in [1.165, 1.54) is 0 Å². The first-order valence-corrected chi connectivity index (χ1v) is 8.23. The number of fused-ring (bicyclic) bond motifs is 1. The van der Waals surface area contributed by atoms with E-state index in [2.05, 4.69) is 37.6 Å². The lowest BCUT2D eigenvalue weighted by atomic mass is 10.1. The Hall–Kier alpha value is -2.73. The summed E-state index contributed by atoms with van der Waals surface area (Å²) in [7, 11) is 0. The summed E-state index contributed by atoms with van der Waals surface area (Å²) in [6.07, 6.45) is 0. The van der Waals surface area contributed by atoms with Crippen LogP contribution in [-0.4, -0.2) is 20.2 Å². The fourth-order valence-corrected chi connectivity index (χ4v) is 3.18. The van der Waals surface area contributed by atoms with Gasteiger partial charge in [0.2, 0.25) is 0 Å². The number of aryl methyl sites for hydroxylation is 1. The van der Waals surface area contributed by atoms with Crippen molar-refractivity contribution in [1.29, 1.82) is 0 Å². The van der Waals surface area contributed by atoms with E-state index in [0.29, 0.717) is 6.54 Å². The molecule has 114 valence electrons. The monoisotopic (exact) mass is 321 g/mol. The van der Waals surface area contributed by atoms with Crippen LogP contribution < -0.4 is 5.32 Å². The molecule has 3 heterocycles. The molecular formula is C17H15N5S. The van der Waals surface area contributed by atoms with E-state index in [1.54, 1.807) is 11.3 Å². The van der Waals surface area contributed by atoms with Crippen LogP contribution in [0.1, 0.15) is 11.5 Å². The second-order valence-electron chi connectivity index (χ2n) is 5.26. The average molecular weight is 321 g/mol. The van der Waals surface area contributed by atoms with Gasteiger partial charge in [0.15, 0.2) is 5.82 Å². The Labute approximate surface area is 137 Å². The predicted molar refractivity (Wildman–Crippen MR) is 93.5 cm³/mol. The molecule has 23 heavy (non-hydrogen) atoms. The Balaban J connectivity index is 1.58. The highest BCUT2D eigenvalue weighted by Crippen LogP contribution is 2.24. The molecule has 0 aliphatic carbocycles. The highest BCUT2D eigenvalue weighted by Gasteiger charge is 2.08. The first kappa shape index (κ1) is 13.9. The van der Waals surface area contributed by atoms with Gasteiger partial charge in [-0.05, 0) is 30.5 Å². The number of anilines is 1. The quantitative estimate of drug-likeness (QED) is 0.596. The summed E-state index contributed by atoms with van der Waals surface area (Å²) in [6, 6.07) is 14.2. The molecule has 0 unspecified atom stereocenters. The van der Waals surface area contributed by atoms with Gasteiger partial charge < -0.3 is 5.32 Å². The summed E-state index contributed by atoms with van der Waals surface area (Å²) in [5, 5.41) is 13.8. The van der Waals surface area contributed by atoms with Crippen LogP contribution in [0.5, 0.6) is 0 Å². The molecule has 0 fully saturated rings. The Morgan fingerprint density at radius 2 is 2.04 bits per heavy atom. The van der Waals surface area contributed by atoms with Crippen LogP contribution in [0.15, 0.2) is 47.8 Å². The van der Waals surface area contributed by atoms with Crippen molar-refractivity contribution in [1.82, 2.24) is 20.2 Å². The maximum Gasteiger partial charge on any atom is 0.191 e. The van der Waals surface area contributed by atoms with Crippen LogP contribution in [0.2, 0.25) is 0 Å². The number of aromatic amines is 1. The van der Waals surface area contributed by atoms with Crippen LogP contribution in [0.25, 0.3) is 21.6 Å². The van der Waals surface area contributed by atoms with Gasteiger partial charge in [0, 0.05) is 16.8 Å². The average Bonchev–Trinajstić information content (AvgIpc) is 3.23. The first-order chi connectivity index (χ1) is 11.3. The number of rotatable bonds is 4. The summed E-state index contributed by atoms with van der Waals surface area (Å²) in [5.41, 5.74) is 3.04. The highest BCUT2D eigenvalue weighted by molar-refractivity contribution is 7.13. The molecule has 0 bridgehead atoms. The molecule has 2 N–H and O–H groups in total. The van der Waals surface area contributed by atoms with Crippen molar-refractivity contribution >= 4 is 27.9 Å². The van der Waals surface area contributed by atoms with Crippen LogP contribution >= 0.6 is 11.3 Å². The summed E-state index contributed by atoms with van der Waals surface area (Å²) in [6.45, 7) is 2.59. The molecule has 6 heteroatoms. The standard InChI is InChI=1S/C17H15N5S/c1-11-9-14(12-5-2-3-6-13(12)19-11)18-10-16-20-17(22-21-16)15-7-4-8-23-15/h2-9H,10H2,1H3,(H,18,19)(H,20,21,22). The minimum Gasteiger partial charge on any atom is -0.377 e. The van der Waals surface area contributed by atoms with E-state index in [1.807, 2.05) is 42.6 Å². The maximum atomic E-state index is 4.55. The van der Waals surface area contributed by atoms with E-state index in [-0.39, 0.29) is 0 Å². The second-order valence-corrected chi connectivity index (χ2v) is 6.21. The van der Waals surface area contributed by atoms with E-state index >= 15 is 0 Å². The minimum absolute atomic E-state index is 0.589. The van der Waals surface area contributed by atoms with Crippen molar-refractivity contribution in [2.24, 2.45) is 0 Å². The first-order valence-electron chi connectivity index (χ1n) is 7.35. The Kier molecular flexibility index (Phi) is 3.51. The van der Waals surface area contributed by atoms with Crippen LogP contribution in [0.3, 0.4) is 0 Å². The van der Waals surface area contributed by atoms with Crippen molar-refractivity contribution in [3.05, 3.63) is 59.4 Å². The lowest BCUT2D eigenvalue weighted by molar-refractivity contribution is 0.955. The molecule has 0 aliphatic heterocycles. The molecule has 0 saturated heterocycles. The van der Waals surface area contributed by atoms with Gasteiger partial charge in [0.05, 0.1) is 16.9 Å². The summed E-state index contributed by atoms with van der Waals surface area (Å²) < 4.78 is 0. The van der Waals surface area contributed by atoms with Crippen molar-refractivity contribution in [3.63, 3.8) is 0 Å². The van der Waals surface area contributed by atoms with Crippen molar-refractivity contribution < 1.29 is 0 Å². The lowest BCUT2D eigenvalue weighted by Gasteiger charge is -2.09. The number of pyridine rings is 1. The molecule has 0 aliphatic rings. The maximum absolute atomic E-state index is 4.55. The zero-order chi connectivity index (χ0) is 15.6. The van der Waals surface area contributed by atoms with Gasteiger partial charge in [-0.3, -0.25) is 10.1 Å². The largest absolute Gasteiger partial charge is 0.377 e. The van der Waals surface area contributed by atoms with Gasteiger partial charge in [-0.2, -0.15) is 5.10 Å². The molecule has 0 saturated carbocycles. The molecule has 3 aromatic heterocycles. The third-order valence-corrected chi connectivity index (χ3v) is 4.43. The van der Waals surface area contributed by atoms with Gasteiger partial charge in [-0.15, -0.1) is 11.3 Å². The fraction of sp³-hybridized carbons (Fsp3) is 0.118. The Bertz CT molecular complexity index is 943. The third-order valence-electron chi connectivity index (χ3n) is 3.56. The molecule has 0 radical (unpaired) electrons. The molecular weight excluding hydrogens is 306 g/mol. The van der Waals surface area contributed by atoms with Crippen molar-refractivity contribution in [2.45, 2.75) is 13.5 Å². The SMILES string of the molecule is Cc1cc(NCc2nc(-c3cccs3)n[nH]2)c2ccccc2n1. The van der Waals surface area contributed by atoms with Gasteiger partial charge in [-0.1, -0.05) is 24.3 Å². The number of para-hydroxylation sites is 1. The van der Waals surface area contributed by atoms with Gasteiger partial charge >= 0.3 is 0 Å². The number of H-pyrrole nitrogens is 1. The molecule has 0 atom stereocenters. The van der Waals surface area contributed by atoms with Crippen LogP contribution in [0, 0.1) is 6.92 Å². The number of hydrogen-bond donors (Lipinski definition) is 2. The number of aromatic nitrogens is 4. The van der Waals surface area contributed by atoms with E-state index in [0.717, 1.165) is 38.8 Å². The Morgan fingerprint density at radius 3 is 2.91 bits per heavy atom. The molecule has 5 nitrogen and oxygen atoms in total. The summed E-state index contributed by atoms with van der Waals surface area (Å²) in [5.74, 6) is 1.56. The third kappa shape index (κ3) is 2.80. The number of nitrogens with one attached hydrogen (secondary N) is 2. The molecule has 1 aromatic carbocycles. The zero-order valence-electron chi connectivity index (χ0n) is 12.6. The van der Waals surface area contributed by atoms with Gasteiger partial charge in [0.1, 0.15) is 5.82 Å². The number of thiophene rings is 1. The summed E-state index contributed by atoms with van der Waals surface area (Å²) in [4.78, 5) is 10.2. The zero-order valence-corrected chi connectivity index (χ0v) is 13.4. The normalized spacial score (nSPS) is 11.0. The number of nitrogens with zero attached hydrogens (tertiary/aromatic N) is 3. The fourth-order valence-electron chi connectivity index (χ4n) is 2.52. The Morgan fingerprint density at radius 1 is 1.13 bits per heavy atom. The van der Waals surface area contributed by atoms with Crippen molar-refractivity contribution in [3.8, 4) is 10.7 Å². The van der Waals surface area contributed by atoms with Crippen molar-refractivity contribution in [2.75, 3.05) is 5.32 Å². The molecule has 0 spiro atoms. The topological polar surface area (TPSA) is 66.5 Å². The smallest absolute Gasteiger partial charge is 0.191 e. The predicted octanol–water partition coefficient (Wildman–Crippen LogP) is 4.00. The molecule has 4 aromatic rings. The second kappa shape index (κ2) is 5.81. The number of hydrogen-bond acceptors (Lipinski definition) is 5. The summed E-state index contributed by atoms with van der Waals surface area (Å²) >= 11 is 1.63. The molecule has 4 rings (SSSR count). The van der Waals surface area contributed by atoms with Crippen LogP contribution in [0.4, 0.5) is 5.69 Å². The van der Waals surface area contributed by atoms with E-state index in [4.69, 9.17) is 0 Å². The van der Waals surface area contributed by atoms with Gasteiger partial charge in [0.25, 0.3) is 0 Å². The molecule has 0 amide bonds. The van der Waals surface area contributed by atoms with E-state index < -0.39 is 0 Å². The minimum atomic E-state index is 0.589. The van der Waals surface area contributed by atoms with E-state index in [9.17, 15) is 0 Å². The number of benzene rings is 1. The van der Waals surface area contributed by atoms with Gasteiger partial charge in [-0.25, -0.2) is 4.98 Å². The lowest BCUT2D eigenvalue weighted by Crippen LogP contribution is -2.03. The van der Waals surface area contributed by atoms with Crippen LogP contribution in [-0.2, 0) is 6.54 Å². The highest BCUT2D eigenvalue weighted by atomic mass is 32.1.